The number of hydrogen-bond acceptors (Lipinski definition) is 2. The summed E-state index contributed by atoms with van der Waals surface area (Å²) in [6, 6.07) is 0. The van der Waals surface area contributed by atoms with E-state index in [-0.39, 0.29) is 12.4 Å². The standard InChI is InChI=1S/C9H17NO.ClH/c1-3-8(4-1)11-9-5-2-6-10-7-9;/h8-10H,1-7H2;1H/t9-;/m1./s1. The normalized spacial score (nSPS) is 30.5. The summed E-state index contributed by atoms with van der Waals surface area (Å²) in [5.74, 6) is 0. The molecule has 2 nitrogen and oxygen atoms in total. The Morgan fingerprint density at radius 2 is 1.75 bits per heavy atom. The lowest BCUT2D eigenvalue weighted by Crippen LogP contribution is -2.39. The van der Waals surface area contributed by atoms with Gasteiger partial charge in [0.15, 0.2) is 0 Å². The Balaban J connectivity index is 0.000000720. The van der Waals surface area contributed by atoms with E-state index in [0.29, 0.717) is 12.2 Å². The van der Waals surface area contributed by atoms with Crippen molar-refractivity contribution in [3.05, 3.63) is 0 Å². The van der Waals surface area contributed by atoms with Crippen LogP contribution in [0.5, 0.6) is 0 Å². The molecule has 0 aromatic carbocycles. The van der Waals surface area contributed by atoms with Crippen molar-refractivity contribution >= 4 is 12.4 Å². The van der Waals surface area contributed by atoms with Gasteiger partial charge in [-0.2, -0.15) is 0 Å². The van der Waals surface area contributed by atoms with Gasteiger partial charge in [0.05, 0.1) is 12.2 Å². The summed E-state index contributed by atoms with van der Waals surface area (Å²) in [4.78, 5) is 0. The average molecular weight is 192 g/mol. The van der Waals surface area contributed by atoms with E-state index >= 15 is 0 Å². The first-order valence-electron chi connectivity index (χ1n) is 4.81. The lowest BCUT2D eigenvalue weighted by Gasteiger charge is -2.32. The van der Waals surface area contributed by atoms with Crippen molar-refractivity contribution in [2.75, 3.05) is 13.1 Å². The van der Waals surface area contributed by atoms with Gasteiger partial charge in [-0.15, -0.1) is 12.4 Å². The van der Waals surface area contributed by atoms with Gasteiger partial charge < -0.3 is 10.1 Å². The summed E-state index contributed by atoms with van der Waals surface area (Å²) in [6.45, 7) is 2.26. The van der Waals surface area contributed by atoms with E-state index in [1.807, 2.05) is 0 Å². The molecule has 2 aliphatic rings. The molecule has 1 aliphatic carbocycles. The van der Waals surface area contributed by atoms with Crippen LogP contribution >= 0.6 is 12.4 Å². The number of piperidine rings is 1. The van der Waals surface area contributed by atoms with Gasteiger partial charge in [0.2, 0.25) is 0 Å². The van der Waals surface area contributed by atoms with Gasteiger partial charge in [-0.3, -0.25) is 0 Å². The van der Waals surface area contributed by atoms with E-state index in [1.54, 1.807) is 0 Å². The highest BCUT2D eigenvalue weighted by Crippen LogP contribution is 2.24. The Morgan fingerprint density at radius 1 is 1.00 bits per heavy atom. The molecule has 1 atom stereocenters. The van der Waals surface area contributed by atoms with E-state index < -0.39 is 0 Å². The summed E-state index contributed by atoms with van der Waals surface area (Å²) >= 11 is 0. The Labute approximate surface area is 80.5 Å². The van der Waals surface area contributed by atoms with Gasteiger partial charge >= 0.3 is 0 Å². The summed E-state index contributed by atoms with van der Waals surface area (Å²) < 4.78 is 5.86. The van der Waals surface area contributed by atoms with Gasteiger partial charge in [-0.05, 0) is 38.6 Å². The summed E-state index contributed by atoms with van der Waals surface area (Å²) in [6.07, 6.45) is 7.67. The van der Waals surface area contributed by atoms with Crippen LogP contribution in [0.4, 0.5) is 0 Å². The highest BCUT2D eigenvalue weighted by atomic mass is 35.5. The fourth-order valence-electron chi connectivity index (χ4n) is 1.72. The Bertz CT molecular complexity index is 122. The van der Waals surface area contributed by atoms with Gasteiger partial charge in [-0.25, -0.2) is 0 Å². The number of ether oxygens (including phenoxy) is 1. The van der Waals surface area contributed by atoms with Crippen LogP contribution in [0.3, 0.4) is 0 Å². The predicted octanol–water partition coefficient (Wildman–Crippen LogP) is 1.73. The first kappa shape index (κ1) is 10.3. The number of halogens is 1. The highest BCUT2D eigenvalue weighted by molar-refractivity contribution is 5.85. The maximum atomic E-state index is 5.86. The van der Waals surface area contributed by atoms with Gasteiger partial charge in [0.25, 0.3) is 0 Å². The van der Waals surface area contributed by atoms with Crippen molar-refractivity contribution in [2.45, 2.75) is 44.3 Å². The second-order valence-electron chi connectivity index (χ2n) is 3.66. The molecule has 72 valence electrons. The zero-order valence-corrected chi connectivity index (χ0v) is 8.24. The van der Waals surface area contributed by atoms with E-state index in [4.69, 9.17) is 4.74 Å². The van der Waals surface area contributed by atoms with Crippen LogP contribution in [0, 0.1) is 0 Å². The molecule has 1 saturated heterocycles. The lowest BCUT2D eigenvalue weighted by molar-refractivity contribution is -0.0587. The topological polar surface area (TPSA) is 21.3 Å². The van der Waals surface area contributed by atoms with Crippen molar-refractivity contribution in [3.8, 4) is 0 Å². The molecule has 0 bridgehead atoms. The fourth-order valence-corrected chi connectivity index (χ4v) is 1.72. The highest BCUT2D eigenvalue weighted by Gasteiger charge is 2.23. The van der Waals surface area contributed by atoms with Crippen LogP contribution in [-0.2, 0) is 4.74 Å². The Hall–Kier alpha value is 0.210. The first-order chi connectivity index (χ1) is 5.45. The molecular formula is C9H18ClNO. The summed E-state index contributed by atoms with van der Waals surface area (Å²) in [7, 11) is 0. The number of rotatable bonds is 2. The molecule has 1 saturated carbocycles. The Kier molecular flexibility index (Phi) is 4.33. The SMILES string of the molecule is C1CC(O[C@@H]2CCCNC2)C1.Cl. The lowest BCUT2D eigenvalue weighted by atomic mass is 9.95. The molecule has 0 radical (unpaired) electrons. The molecule has 1 heterocycles. The minimum Gasteiger partial charge on any atom is -0.374 e. The molecule has 0 spiro atoms. The van der Waals surface area contributed by atoms with Crippen molar-refractivity contribution in [2.24, 2.45) is 0 Å². The molecule has 2 fully saturated rings. The largest absolute Gasteiger partial charge is 0.374 e. The van der Waals surface area contributed by atoms with Crippen molar-refractivity contribution in [1.29, 1.82) is 0 Å². The molecule has 0 unspecified atom stereocenters. The predicted molar refractivity (Wildman–Crippen MR) is 51.9 cm³/mol. The average Bonchev–Trinajstić information content (AvgIpc) is 1.99. The third-order valence-corrected chi connectivity index (χ3v) is 2.69. The van der Waals surface area contributed by atoms with Crippen LogP contribution in [-0.4, -0.2) is 25.3 Å². The van der Waals surface area contributed by atoms with E-state index in [0.717, 1.165) is 6.54 Å². The molecule has 2 rings (SSSR count). The van der Waals surface area contributed by atoms with Gasteiger partial charge in [0.1, 0.15) is 0 Å². The molecular weight excluding hydrogens is 174 g/mol. The number of hydrogen-bond donors (Lipinski definition) is 1. The fraction of sp³-hybridized carbons (Fsp3) is 1.00. The first-order valence-corrected chi connectivity index (χ1v) is 4.81. The zero-order chi connectivity index (χ0) is 7.52. The van der Waals surface area contributed by atoms with Gasteiger partial charge in [-0.1, -0.05) is 0 Å². The second-order valence-corrected chi connectivity index (χ2v) is 3.66. The maximum Gasteiger partial charge on any atom is 0.0703 e. The quantitative estimate of drug-likeness (QED) is 0.718. The van der Waals surface area contributed by atoms with Gasteiger partial charge in [0, 0.05) is 6.54 Å². The van der Waals surface area contributed by atoms with Crippen LogP contribution in [0.1, 0.15) is 32.1 Å². The zero-order valence-electron chi connectivity index (χ0n) is 7.42. The van der Waals surface area contributed by atoms with E-state index in [2.05, 4.69) is 5.32 Å². The minimum absolute atomic E-state index is 0. The van der Waals surface area contributed by atoms with Crippen molar-refractivity contribution in [3.63, 3.8) is 0 Å². The number of nitrogens with one attached hydrogen (secondary N) is 1. The molecule has 1 N–H and O–H groups in total. The van der Waals surface area contributed by atoms with E-state index in [1.165, 1.54) is 38.6 Å². The maximum absolute atomic E-state index is 5.86. The van der Waals surface area contributed by atoms with E-state index in [9.17, 15) is 0 Å². The summed E-state index contributed by atoms with van der Waals surface area (Å²) in [5.41, 5.74) is 0. The van der Waals surface area contributed by atoms with Crippen LogP contribution in [0.15, 0.2) is 0 Å². The smallest absolute Gasteiger partial charge is 0.0703 e. The Morgan fingerprint density at radius 3 is 2.25 bits per heavy atom. The summed E-state index contributed by atoms with van der Waals surface area (Å²) in [5, 5.41) is 3.36. The monoisotopic (exact) mass is 191 g/mol. The van der Waals surface area contributed by atoms with Crippen LogP contribution in [0.2, 0.25) is 0 Å². The van der Waals surface area contributed by atoms with Crippen molar-refractivity contribution in [1.82, 2.24) is 5.32 Å². The third kappa shape index (κ3) is 2.61. The van der Waals surface area contributed by atoms with Crippen molar-refractivity contribution < 1.29 is 4.74 Å². The van der Waals surface area contributed by atoms with Crippen LogP contribution < -0.4 is 5.32 Å². The molecule has 1 aliphatic heterocycles. The molecule has 12 heavy (non-hydrogen) atoms. The molecule has 0 amide bonds. The molecule has 3 heteroatoms. The minimum atomic E-state index is 0. The third-order valence-electron chi connectivity index (χ3n) is 2.69. The molecule has 0 aromatic rings. The van der Waals surface area contributed by atoms with Crippen LogP contribution in [0.25, 0.3) is 0 Å². The molecule has 0 aromatic heterocycles. The second kappa shape index (κ2) is 5.05.